The van der Waals surface area contributed by atoms with E-state index in [1.165, 1.54) is 57.8 Å². The summed E-state index contributed by atoms with van der Waals surface area (Å²) in [5.41, 5.74) is 0. The van der Waals surface area contributed by atoms with Crippen molar-refractivity contribution in [1.82, 2.24) is 0 Å². The lowest BCUT2D eigenvalue weighted by atomic mass is 9.99. The normalized spacial score (nSPS) is 33.8. The standard InChI is InChI=1S/C16H30O3/c1-2-3-4-5-6-7-8-9-10-14-11-13-12-15(17)19-16(13)18-14/h13-17H,2-12H2,1H3. The van der Waals surface area contributed by atoms with E-state index < -0.39 is 6.29 Å². The van der Waals surface area contributed by atoms with Gasteiger partial charge in [0.1, 0.15) is 0 Å². The van der Waals surface area contributed by atoms with Gasteiger partial charge in [-0.05, 0) is 12.8 Å². The van der Waals surface area contributed by atoms with Gasteiger partial charge in [0.05, 0.1) is 6.10 Å². The molecule has 0 bridgehead atoms. The Morgan fingerprint density at radius 3 is 2.26 bits per heavy atom. The Hall–Kier alpha value is -0.120. The van der Waals surface area contributed by atoms with Crippen LogP contribution in [0.3, 0.4) is 0 Å². The molecule has 2 aliphatic rings. The highest BCUT2D eigenvalue weighted by atomic mass is 16.7. The molecule has 2 heterocycles. The molecule has 2 fully saturated rings. The predicted octanol–water partition coefficient (Wildman–Crippen LogP) is 3.99. The van der Waals surface area contributed by atoms with Crippen molar-refractivity contribution in [3.05, 3.63) is 0 Å². The zero-order valence-electron chi connectivity index (χ0n) is 12.4. The molecule has 112 valence electrons. The lowest BCUT2D eigenvalue weighted by Gasteiger charge is -2.13. The lowest BCUT2D eigenvalue weighted by Crippen LogP contribution is -2.16. The van der Waals surface area contributed by atoms with Crippen LogP contribution in [0.2, 0.25) is 0 Å². The fourth-order valence-corrected chi connectivity index (χ4v) is 3.32. The molecule has 0 aliphatic carbocycles. The summed E-state index contributed by atoms with van der Waals surface area (Å²) in [4.78, 5) is 0. The fourth-order valence-electron chi connectivity index (χ4n) is 3.32. The van der Waals surface area contributed by atoms with Gasteiger partial charge in [0, 0.05) is 12.3 Å². The summed E-state index contributed by atoms with van der Waals surface area (Å²) in [6.45, 7) is 2.26. The second-order valence-electron chi connectivity index (χ2n) is 6.21. The molecule has 0 saturated carbocycles. The summed E-state index contributed by atoms with van der Waals surface area (Å²) in [5.74, 6) is 0.439. The maximum absolute atomic E-state index is 9.35. The quantitative estimate of drug-likeness (QED) is 0.644. The van der Waals surface area contributed by atoms with E-state index in [9.17, 15) is 5.11 Å². The zero-order chi connectivity index (χ0) is 13.5. The maximum atomic E-state index is 9.35. The van der Waals surface area contributed by atoms with Crippen molar-refractivity contribution < 1.29 is 14.6 Å². The van der Waals surface area contributed by atoms with E-state index in [0.29, 0.717) is 12.0 Å². The molecular weight excluding hydrogens is 240 g/mol. The molecule has 0 aromatic heterocycles. The average Bonchev–Trinajstić information content (AvgIpc) is 2.89. The van der Waals surface area contributed by atoms with Crippen LogP contribution >= 0.6 is 0 Å². The third-order valence-electron chi connectivity index (χ3n) is 4.45. The highest BCUT2D eigenvalue weighted by molar-refractivity contribution is 4.82. The van der Waals surface area contributed by atoms with Crippen LogP contribution in [0.4, 0.5) is 0 Å². The second-order valence-corrected chi connectivity index (χ2v) is 6.21. The first-order valence-corrected chi connectivity index (χ1v) is 8.28. The summed E-state index contributed by atoms with van der Waals surface area (Å²) >= 11 is 0. The molecule has 19 heavy (non-hydrogen) atoms. The number of unbranched alkanes of at least 4 members (excludes halogenated alkanes) is 7. The number of hydrogen-bond donors (Lipinski definition) is 1. The third kappa shape index (κ3) is 5.05. The molecule has 0 amide bonds. The van der Waals surface area contributed by atoms with Crippen molar-refractivity contribution >= 4 is 0 Å². The Kier molecular flexibility index (Phi) is 6.62. The van der Waals surface area contributed by atoms with Crippen molar-refractivity contribution in [2.45, 2.75) is 96.2 Å². The van der Waals surface area contributed by atoms with E-state index in [4.69, 9.17) is 9.47 Å². The summed E-state index contributed by atoms with van der Waals surface area (Å²) in [7, 11) is 0. The van der Waals surface area contributed by atoms with Gasteiger partial charge >= 0.3 is 0 Å². The van der Waals surface area contributed by atoms with Crippen LogP contribution < -0.4 is 0 Å². The number of ether oxygens (including phenoxy) is 2. The average molecular weight is 270 g/mol. The molecule has 2 rings (SSSR count). The largest absolute Gasteiger partial charge is 0.368 e. The van der Waals surface area contributed by atoms with Gasteiger partial charge in [-0.15, -0.1) is 0 Å². The second kappa shape index (κ2) is 8.23. The minimum absolute atomic E-state index is 0.117. The van der Waals surface area contributed by atoms with Crippen LogP contribution in [0.25, 0.3) is 0 Å². The van der Waals surface area contributed by atoms with Crippen molar-refractivity contribution in [2.24, 2.45) is 5.92 Å². The smallest absolute Gasteiger partial charge is 0.164 e. The van der Waals surface area contributed by atoms with Crippen molar-refractivity contribution in [3.63, 3.8) is 0 Å². The number of aliphatic hydroxyl groups excluding tert-OH is 1. The van der Waals surface area contributed by atoms with Gasteiger partial charge in [-0.3, -0.25) is 0 Å². The topological polar surface area (TPSA) is 38.7 Å². The van der Waals surface area contributed by atoms with E-state index in [1.54, 1.807) is 0 Å². The van der Waals surface area contributed by atoms with E-state index in [-0.39, 0.29) is 6.29 Å². The molecule has 0 spiro atoms. The van der Waals surface area contributed by atoms with Crippen LogP contribution in [0.1, 0.15) is 77.6 Å². The Labute approximate surface area is 117 Å². The number of fused-ring (bicyclic) bond motifs is 1. The number of hydrogen-bond acceptors (Lipinski definition) is 3. The van der Waals surface area contributed by atoms with Crippen LogP contribution in [0.5, 0.6) is 0 Å². The van der Waals surface area contributed by atoms with E-state index in [2.05, 4.69) is 6.92 Å². The maximum Gasteiger partial charge on any atom is 0.164 e. The van der Waals surface area contributed by atoms with E-state index in [1.807, 2.05) is 0 Å². The van der Waals surface area contributed by atoms with Crippen LogP contribution in [0, 0.1) is 5.92 Å². The monoisotopic (exact) mass is 270 g/mol. The van der Waals surface area contributed by atoms with E-state index >= 15 is 0 Å². The molecule has 0 aromatic carbocycles. The highest BCUT2D eigenvalue weighted by Gasteiger charge is 2.42. The molecule has 3 nitrogen and oxygen atoms in total. The van der Waals surface area contributed by atoms with Gasteiger partial charge in [-0.1, -0.05) is 58.3 Å². The molecule has 3 heteroatoms. The van der Waals surface area contributed by atoms with Crippen LogP contribution in [-0.2, 0) is 9.47 Å². The van der Waals surface area contributed by atoms with Gasteiger partial charge in [0.25, 0.3) is 0 Å². The number of rotatable bonds is 9. The minimum Gasteiger partial charge on any atom is -0.368 e. The zero-order valence-corrected chi connectivity index (χ0v) is 12.4. The van der Waals surface area contributed by atoms with Crippen molar-refractivity contribution in [3.8, 4) is 0 Å². The summed E-state index contributed by atoms with van der Waals surface area (Å²) in [5, 5.41) is 9.35. The van der Waals surface area contributed by atoms with Gasteiger partial charge < -0.3 is 14.6 Å². The van der Waals surface area contributed by atoms with Crippen LogP contribution in [0.15, 0.2) is 0 Å². The molecule has 1 N–H and O–H groups in total. The van der Waals surface area contributed by atoms with Gasteiger partial charge in [0.15, 0.2) is 12.6 Å². The molecule has 2 saturated heterocycles. The predicted molar refractivity (Wildman–Crippen MR) is 75.7 cm³/mol. The molecule has 4 unspecified atom stereocenters. The third-order valence-corrected chi connectivity index (χ3v) is 4.45. The molecular formula is C16H30O3. The fraction of sp³-hybridized carbons (Fsp3) is 1.00. The molecule has 4 atom stereocenters. The van der Waals surface area contributed by atoms with Gasteiger partial charge in [0.2, 0.25) is 0 Å². The first kappa shape index (κ1) is 15.3. The number of aliphatic hydroxyl groups is 1. The highest BCUT2D eigenvalue weighted by Crippen LogP contribution is 2.38. The van der Waals surface area contributed by atoms with E-state index in [0.717, 1.165) is 12.8 Å². The molecule has 2 aliphatic heterocycles. The molecule has 0 radical (unpaired) electrons. The minimum atomic E-state index is -0.584. The lowest BCUT2D eigenvalue weighted by molar-refractivity contribution is -0.190. The molecule has 0 aromatic rings. The summed E-state index contributed by atoms with van der Waals surface area (Å²) in [6.07, 6.45) is 13.6. The first-order valence-electron chi connectivity index (χ1n) is 8.28. The Morgan fingerprint density at radius 2 is 1.58 bits per heavy atom. The Morgan fingerprint density at radius 1 is 0.895 bits per heavy atom. The van der Waals surface area contributed by atoms with Crippen LogP contribution in [-0.4, -0.2) is 23.8 Å². The van der Waals surface area contributed by atoms with Crippen molar-refractivity contribution in [2.75, 3.05) is 0 Å². The first-order chi connectivity index (χ1) is 9.29. The SMILES string of the molecule is CCCCCCCCCCC1CC2CC(O)OC2O1. The van der Waals surface area contributed by atoms with Crippen molar-refractivity contribution in [1.29, 1.82) is 0 Å². The summed E-state index contributed by atoms with van der Waals surface area (Å²) < 4.78 is 11.2. The Balaban J connectivity index is 1.43. The van der Waals surface area contributed by atoms with Gasteiger partial charge in [-0.25, -0.2) is 0 Å². The summed E-state index contributed by atoms with van der Waals surface area (Å²) in [6, 6.07) is 0. The Bertz CT molecular complexity index is 230. The van der Waals surface area contributed by atoms with Gasteiger partial charge in [-0.2, -0.15) is 0 Å².